The molecule has 0 saturated carbocycles. The molecule has 2 bridgehead atoms. The summed E-state index contributed by atoms with van der Waals surface area (Å²) in [6.07, 6.45) is 2.81. The molecule has 4 rings (SSSR count). The summed E-state index contributed by atoms with van der Waals surface area (Å²) >= 11 is 0. The van der Waals surface area contributed by atoms with Gasteiger partial charge < -0.3 is 10.6 Å². The fourth-order valence-electron chi connectivity index (χ4n) is 5.45. The molecule has 36 heavy (non-hydrogen) atoms. The average Bonchev–Trinajstić information content (AvgIpc) is 2.77. The summed E-state index contributed by atoms with van der Waals surface area (Å²) in [5.41, 5.74) is 10.4. The Bertz CT molecular complexity index is 1300. The third-order valence-corrected chi connectivity index (χ3v) is 7.80. The molecule has 3 aromatic carbocycles. The second-order valence-corrected chi connectivity index (χ2v) is 12.3. The maximum absolute atomic E-state index is 16.5. The number of hydrogen-bond acceptors (Lipinski definition) is 2. The van der Waals surface area contributed by atoms with Crippen molar-refractivity contribution in [3.63, 3.8) is 0 Å². The van der Waals surface area contributed by atoms with Crippen molar-refractivity contribution in [1.82, 2.24) is 5.32 Å². The molecular weight excluding hydrogens is 443 g/mol. The Morgan fingerprint density at radius 2 is 1.47 bits per heavy atom. The molecule has 0 fully saturated rings. The van der Waals surface area contributed by atoms with Crippen molar-refractivity contribution in [1.29, 1.82) is 0 Å². The fourth-order valence-corrected chi connectivity index (χ4v) is 5.45. The predicted molar refractivity (Wildman–Crippen MR) is 153 cm³/mol. The van der Waals surface area contributed by atoms with Crippen LogP contribution in [0.5, 0.6) is 0 Å². The molecule has 3 heteroatoms. The Morgan fingerprint density at radius 3 is 2.11 bits per heavy atom. The van der Waals surface area contributed by atoms with Crippen LogP contribution in [0.25, 0.3) is 16.8 Å². The van der Waals surface area contributed by atoms with E-state index in [0.29, 0.717) is 0 Å². The van der Waals surface area contributed by atoms with E-state index in [1.54, 1.807) is 6.92 Å². The monoisotopic (exact) mass is 484 g/mol. The highest BCUT2D eigenvalue weighted by Gasteiger charge is 2.43. The molecule has 0 saturated heterocycles. The molecule has 0 amide bonds. The van der Waals surface area contributed by atoms with Crippen LogP contribution in [0, 0.1) is 26.2 Å². The largest absolute Gasteiger partial charge is 0.357 e. The van der Waals surface area contributed by atoms with Gasteiger partial charge in [-0.3, -0.25) is 0 Å². The van der Waals surface area contributed by atoms with Crippen LogP contribution in [0.2, 0.25) is 0 Å². The van der Waals surface area contributed by atoms with Crippen LogP contribution >= 0.6 is 0 Å². The maximum Gasteiger partial charge on any atom is 0.186 e. The van der Waals surface area contributed by atoms with Gasteiger partial charge in [0.1, 0.15) is 0 Å². The minimum atomic E-state index is -1.69. The SMILES string of the molecule is Cc1cccc(C)c1/C1=C/N[C@](C)(F)C(C)(C)c2cccc(c2C)-c2cc(CC(C)(C)C)ccc2N1. The summed E-state index contributed by atoms with van der Waals surface area (Å²) in [5.74, 6) is -1.69. The minimum absolute atomic E-state index is 0.178. The molecular formula is C33H41FN2. The topological polar surface area (TPSA) is 24.1 Å². The first kappa shape index (κ1) is 26.0. The summed E-state index contributed by atoms with van der Waals surface area (Å²) in [7, 11) is 0. The standard InChI is InChI=1S/C33H41FN2/c1-21-12-10-13-22(2)30(21)29-20-35-33(9,34)32(7,8)27-15-11-14-25(23(27)3)26-18-24(19-31(4,5)6)16-17-28(26)36-29/h10-18,20,35-36H,19H2,1-9H3/b29-20-/t33-/m0/s1. The van der Waals surface area contributed by atoms with Gasteiger partial charge in [0, 0.05) is 28.4 Å². The number of alkyl halides is 1. The van der Waals surface area contributed by atoms with E-state index in [1.165, 1.54) is 5.56 Å². The quantitative estimate of drug-likeness (QED) is 0.355. The van der Waals surface area contributed by atoms with E-state index in [4.69, 9.17) is 0 Å². The summed E-state index contributed by atoms with van der Waals surface area (Å²) in [4.78, 5) is 0. The van der Waals surface area contributed by atoms with Crippen molar-refractivity contribution in [2.75, 3.05) is 5.32 Å². The van der Waals surface area contributed by atoms with Crippen molar-refractivity contribution in [2.45, 2.75) is 79.9 Å². The van der Waals surface area contributed by atoms with Gasteiger partial charge in [0.25, 0.3) is 0 Å². The maximum atomic E-state index is 16.5. The normalized spacial score (nSPS) is 20.8. The van der Waals surface area contributed by atoms with Gasteiger partial charge in [0.05, 0.1) is 5.70 Å². The lowest BCUT2D eigenvalue weighted by molar-refractivity contribution is 0.0681. The lowest BCUT2D eigenvalue weighted by Crippen LogP contribution is -2.51. The van der Waals surface area contributed by atoms with Gasteiger partial charge in [0.2, 0.25) is 0 Å². The smallest absolute Gasteiger partial charge is 0.186 e. The lowest BCUT2D eigenvalue weighted by atomic mass is 9.73. The summed E-state index contributed by atoms with van der Waals surface area (Å²) in [6.45, 7) is 18.8. The molecule has 0 unspecified atom stereocenters. The molecule has 3 aromatic rings. The zero-order chi connectivity index (χ0) is 26.5. The summed E-state index contributed by atoms with van der Waals surface area (Å²) in [6, 6.07) is 19.3. The van der Waals surface area contributed by atoms with Gasteiger partial charge in [-0.1, -0.05) is 77.1 Å². The van der Waals surface area contributed by atoms with Gasteiger partial charge >= 0.3 is 0 Å². The Balaban J connectivity index is 2.03. The number of nitrogens with one attached hydrogen (secondary N) is 2. The lowest BCUT2D eigenvalue weighted by Gasteiger charge is -2.39. The molecule has 0 radical (unpaired) electrons. The van der Waals surface area contributed by atoms with Crippen LogP contribution in [0.1, 0.15) is 74.9 Å². The Labute approximate surface area is 217 Å². The van der Waals surface area contributed by atoms with Gasteiger partial charge in [-0.05, 0) is 85.0 Å². The van der Waals surface area contributed by atoms with E-state index in [9.17, 15) is 0 Å². The number of hydrogen-bond donors (Lipinski definition) is 2. The number of anilines is 1. The van der Waals surface area contributed by atoms with Crippen LogP contribution < -0.4 is 10.6 Å². The molecule has 2 nitrogen and oxygen atoms in total. The van der Waals surface area contributed by atoms with Gasteiger partial charge in [0.15, 0.2) is 5.79 Å². The average molecular weight is 485 g/mol. The van der Waals surface area contributed by atoms with Gasteiger partial charge in [-0.25, -0.2) is 4.39 Å². The van der Waals surface area contributed by atoms with Crippen LogP contribution in [0.15, 0.2) is 60.8 Å². The number of halogens is 1. The first-order chi connectivity index (χ1) is 16.7. The van der Waals surface area contributed by atoms with Crippen LogP contribution in [0.3, 0.4) is 0 Å². The number of aryl methyl sites for hydroxylation is 2. The first-order valence-electron chi connectivity index (χ1n) is 12.9. The fraction of sp³-hybridized carbons (Fsp3) is 0.394. The van der Waals surface area contributed by atoms with E-state index in [1.807, 2.05) is 20.0 Å². The molecule has 190 valence electrons. The second-order valence-electron chi connectivity index (χ2n) is 12.3. The zero-order valence-electron chi connectivity index (χ0n) is 23.4. The van der Waals surface area contributed by atoms with Crippen molar-refractivity contribution in [2.24, 2.45) is 5.41 Å². The van der Waals surface area contributed by atoms with Crippen LogP contribution in [-0.4, -0.2) is 5.79 Å². The molecule has 0 aromatic heterocycles. The first-order valence-corrected chi connectivity index (χ1v) is 12.9. The van der Waals surface area contributed by atoms with E-state index in [-0.39, 0.29) is 5.41 Å². The van der Waals surface area contributed by atoms with Gasteiger partial charge in [-0.2, -0.15) is 0 Å². The molecule has 1 aliphatic heterocycles. The number of fused-ring (bicyclic) bond motifs is 4. The Hall–Kier alpha value is -3.07. The summed E-state index contributed by atoms with van der Waals surface area (Å²) in [5, 5.41) is 6.88. The van der Waals surface area contributed by atoms with E-state index in [2.05, 4.69) is 107 Å². The molecule has 1 heterocycles. The highest BCUT2D eigenvalue weighted by molar-refractivity contribution is 5.89. The Morgan fingerprint density at radius 1 is 0.833 bits per heavy atom. The summed E-state index contributed by atoms with van der Waals surface area (Å²) < 4.78 is 16.5. The molecule has 2 N–H and O–H groups in total. The molecule has 0 aliphatic carbocycles. The van der Waals surface area contributed by atoms with Crippen LogP contribution in [0.4, 0.5) is 10.1 Å². The minimum Gasteiger partial charge on any atom is -0.357 e. The highest BCUT2D eigenvalue weighted by atomic mass is 19.1. The van der Waals surface area contributed by atoms with E-state index >= 15 is 4.39 Å². The molecule has 1 aliphatic rings. The van der Waals surface area contributed by atoms with Gasteiger partial charge in [-0.15, -0.1) is 0 Å². The highest BCUT2D eigenvalue weighted by Crippen LogP contribution is 2.43. The van der Waals surface area contributed by atoms with Crippen LogP contribution in [-0.2, 0) is 11.8 Å². The number of benzene rings is 3. The van der Waals surface area contributed by atoms with E-state index in [0.717, 1.165) is 56.7 Å². The predicted octanol–water partition coefficient (Wildman–Crippen LogP) is 8.84. The molecule has 0 spiro atoms. The van der Waals surface area contributed by atoms with Crippen molar-refractivity contribution in [3.05, 3.63) is 94.2 Å². The van der Waals surface area contributed by atoms with E-state index < -0.39 is 11.2 Å². The molecule has 1 atom stereocenters. The van der Waals surface area contributed by atoms with Crippen molar-refractivity contribution < 1.29 is 4.39 Å². The van der Waals surface area contributed by atoms with Crippen molar-refractivity contribution >= 4 is 11.4 Å². The second kappa shape index (κ2) is 9.10. The third-order valence-electron chi connectivity index (χ3n) is 7.80. The Kier molecular flexibility index (Phi) is 6.58. The van der Waals surface area contributed by atoms with Crippen molar-refractivity contribution in [3.8, 4) is 11.1 Å². The zero-order valence-corrected chi connectivity index (χ0v) is 23.4. The number of rotatable bonds is 2. The third kappa shape index (κ3) is 4.81.